The summed E-state index contributed by atoms with van der Waals surface area (Å²) in [5.41, 5.74) is 5.58. The number of oxazole rings is 1. The maximum atomic E-state index is 12.9. The van der Waals surface area contributed by atoms with Gasteiger partial charge in [-0.3, -0.25) is 4.79 Å². The number of benzene rings is 3. The van der Waals surface area contributed by atoms with Crippen molar-refractivity contribution >= 4 is 17.7 Å². The van der Waals surface area contributed by atoms with Gasteiger partial charge in [-0.25, -0.2) is 9.37 Å². The molecule has 0 saturated carbocycles. The first kappa shape index (κ1) is 19.3. The van der Waals surface area contributed by atoms with E-state index in [2.05, 4.69) is 10.3 Å². The number of carbonyl (C=O) groups is 1. The molecule has 4 aromatic rings. The highest BCUT2D eigenvalue weighted by Gasteiger charge is 2.08. The van der Waals surface area contributed by atoms with Crippen molar-refractivity contribution in [2.75, 3.05) is 5.32 Å². The Labute approximate surface area is 173 Å². The molecular weight excluding hydrogens is 379 g/mol. The SMILES string of the molecule is Cc1ccc(-c2ncco2)cc1-c1ccc(NC(=O)C=Cc2ccc(F)cc2)cc1. The summed E-state index contributed by atoms with van der Waals surface area (Å²) in [5.74, 6) is 0.0140. The van der Waals surface area contributed by atoms with E-state index in [0.29, 0.717) is 11.6 Å². The molecule has 0 aliphatic heterocycles. The average Bonchev–Trinajstić information content (AvgIpc) is 3.29. The van der Waals surface area contributed by atoms with E-state index in [1.165, 1.54) is 18.2 Å². The zero-order chi connectivity index (χ0) is 20.9. The van der Waals surface area contributed by atoms with E-state index in [9.17, 15) is 9.18 Å². The van der Waals surface area contributed by atoms with Crippen LogP contribution in [-0.4, -0.2) is 10.9 Å². The lowest BCUT2D eigenvalue weighted by Crippen LogP contribution is -2.07. The number of anilines is 1. The molecule has 0 aliphatic carbocycles. The van der Waals surface area contributed by atoms with Crippen molar-refractivity contribution in [1.82, 2.24) is 4.98 Å². The zero-order valence-corrected chi connectivity index (χ0v) is 16.3. The molecule has 0 aliphatic rings. The summed E-state index contributed by atoms with van der Waals surface area (Å²) in [6, 6.07) is 19.6. The molecule has 1 N–H and O–H groups in total. The van der Waals surface area contributed by atoms with Crippen LogP contribution in [0.1, 0.15) is 11.1 Å². The third-order valence-electron chi connectivity index (χ3n) is 4.68. The van der Waals surface area contributed by atoms with Crippen LogP contribution in [0.5, 0.6) is 0 Å². The molecule has 0 fully saturated rings. The Hall–Kier alpha value is -3.99. The maximum absolute atomic E-state index is 12.9. The van der Waals surface area contributed by atoms with Gasteiger partial charge in [-0.15, -0.1) is 0 Å². The fourth-order valence-corrected chi connectivity index (χ4v) is 3.09. The van der Waals surface area contributed by atoms with Crippen LogP contribution in [0, 0.1) is 12.7 Å². The lowest BCUT2D eigenvalue weighted by Gasteiger charge is -2.09. The number of aromatic nitrogens is 1. The van der Waals surface area contributed by atoms with Gasteiger partial charge < -0.3 is 9.73 Å². The number of halogens is 1. The molecule has 148 valence electrons. The Morgan fingerprint density at radius 3 is 2.43 bits per heavy atom. The highest BCUT2D eigenvalue weighted by molar-refractivity contribution is 6.02. The Morgan fingerprint density at radius 2 is 1.73 bits per heavy atom. The van der Waals surface area contributed by atoms with Gasteiger partial charge in [0.15, 0.2) is 0 Å². The van der Waals surface area contributed by atoms with Crippen LogP contribution < -0.4 is 5.32 Å². The van der Waals surface area contributed by atoms with E-state index in [-0.39, 0.29) is 11.7 Å². The van der Waals surface area contributed by atoms with Gasteiger partial charge in [0.05, 0.1) is 6.20 Å². The highest BCUT2D eigenvalue weighted by Crippen LogP contribution is 2.29. The molecule has 3 aromatic carbocycles. The summed E-state index contributed by atoms with van der Waals surface area (Å²) in [6.07, 6.45) is 6.24. The zero-order valence-electron chi connectivity index (χ0n) is 16.3. The Bertz CT molecular complexity index is 1180. The number of rotatable bonds is 5. The third-order valence-corrected chi connectivity index (χ3v) is 4.68. The first-order valence-corrected chi connectivity index (χ1v) is 9.44. The maximum Gasteiger partial charge on any atom is 0.248 e. The molecule has 0 atom stereocenters. The predicted molar refractivity (Wildman–Crippen MR) is 116 cm³/mol. The normalized spacial score (nSPS) is 11.0. The summed E-state index contributed by atoms with van der Waals surface area (Å²) >= 11 is 0. The first-order chi connectivity index (χ1) is 14.6. The van der Waals surface area contributed by atoms with E-state index >= 15 is 0 Å². The molecule has 0 unspecified atom stereocenters. The summed E-state index contributed by atoms with van der Waals surface area (Å²) in [4.78, 5) is 16.4. The van der Waals surface area contributed by atoms with Gasteiger partial charge in [0.2, 0.25) is 11.8 Å². The number of aryl methyl sites for hydroxylation is 1. The van der Waals surface area contributed by atoms with Crippen LogP contribution in [0.2, 0.25) is 0 Å². The second kappa shape index (κ2) is 8.57. The lowest BCUT2D eigenvalue weighted by atomic mass is 9.98. The van der Waals surface area contributed by atoms with Crippen molar-refractivity contribution in [3.05, 3.63) is 102 Å². The van der Waals surface area contributed by atoms with Crippen LogP contribution in [0.15, 0.2) is 89.7 Å². The molecule has 1 aromatic heterocycles. The first-order valence-electron chi connectivity index (χ1n) is 9.44. The summed E-state index contributed by atoms with van der Waals surface area (Å²) in [5, 5.41) is 2.83. The van der Waals surface area contributed by atoms with Gasteiger partial charge in [-0.05, 0) is 71.7 Å². The monoisotopic (exact) mass is 398 g/mol. The molecule has 0 radical (unpaired) electrons. The molecule has 5 heteroatoms. The van der Waals surface area contributed by atoms with E-state index in [1.807, 2.05) is 49.4 Å². The molecule has 4 rings (SSSR count). The minimum absolute atomic E-state index is 0.255. The van der Waals surface area contributed by atoms with E-state index < -0.39 is 0 Å². The Kier molecular flexibility index (Phi) is 5.52. The Morgan fingerprint density at radius 1 is 1.00 bits per heavy atom. The number of nitrogens with one attached hydrogen (secondary N) is 1. The van der Waals surface area contributed by atoms with Gasteiger partial charge in [-0.2, -0.15) is 0 Å². The predicted octanol–water partition coefficient (Wildman–Crippen LogP) is 6.11. The molecule has 0 spiro atoms. The molecular formula is C25H19FN2O2. The molecule has 1 heterocycles. The minimum Gasteiger partial charge on any atom is -0.445 e. The van der Waals surface area contributed by atoms with Crippen LogP contribution in [0.3, 0.4) is 0 Å². The number of amides is 1. The fourth-order valence-electron chi connectivity index (χ4n) is 3.09. The summed E-state index contributed by atoms with van der Waals surface area (Å²) in [6.45, 7) is 2.05. The fraction of sp³-hybridized carbons (Fsp3) is 0.0400. The molecule has 30 heavy (non-hydrogen) atoms. The number of carbonyl (C=O) groups excluding carboxylic acids is 1. The lowest BCUT2D eigenvalue weighted by molar-refractivity contribution is -0.111. The number of hydrogen-bond acceptors (Lipinski definition) is 3. The van der Waals surface area contributed by atoms with Crippen molar-refractivity contribution in [3.63, 3.8) is 0 Å². The number of nitrogens with zero attached hydrogens (tertiary/aromatic N) is 1. The second-order valence-corrected chi connectivity index (χ2v) is 6.82. The molecule has 4 nitrogen and oxygen atoms in total. The smallest absolute Gasteiger partial charge is 0.248 e. The average molecular weight is 398 g/mol. The Balaban J connectivity index is 1.47. The summed E-state index contributed by atoms with van der Waals surface area (Å²) < 4.78 is 18.3. The van der Waals surface area contributed by atoms with Crippen molar-refractivity contribution in [3.8, 4) is 22.6 Å². The van der Waals surface area contributed by atoms with Crippen molar-refractivity contribution in [1.29, 1.82) is 0 Å². The van der Waals surface area contributed by atoms with Crippen LogP contribution in [-0.2, 0) is 4.79 Å². The van der Waals surface area contributed by atoms with Crippen LogP contribution >= 0.6 is 0 Å². The topological polar surface area (TPSA) is 55.1 Å². The van der Waals surface area contributed by atoms with Crippen molar-refractivity contribution in [2.24, 2.45) is 0 Å². The van der Waals surface area contributed by atoms with Gasteiger partial charge >= 0.3 is 0 Å². The highest BCUT2D eigenvalue weighted by atomic mass is 19.1. The third kappa shape index (κ3) is 4.52. The van der Waals surface area contributed by atoms with Crippen LogP contribution in [0.4, 0.5) is 10.1 Å². The standard InChI is InChI=1S/C25H19FN2O2/c1-17-2-6-20(25-27-14-15-30-25)16-23(17)19-7-11-22(12-8-19)28-24(29)13-5-18-3-9-21(26)10-4-18/h2-16H,1H3,(H,28,29). The van der Waals surface area contributed by atoms with Crippen LogP contribution in [0.25, 0.3) is 28.7 Å². The summed E-state index contributed by atoms with van der Waals surface area (Å²) in [7, 11) is 0. The molecule has 0 bridgehead atoms. The van der Waals surface area contributed by atoms with Gasteiger partial charge in [-0.1, -0.05) is 30.3 Å². The molecule has 0 saturated heterocycles. The van der Waals surface area contributed by atoms with Gasteiger partial charge in [0.25, 0.3) is 0 Å². The molecule has 1 amide bonds. The van der Waals surface area contributed by atoms with E-state index in [0.717, 1.165) is 27.8 Å². The minimum atomic E-state index is -0.308. The van der Waals surface area contributed by atoms with E-state index in [1.54, 1.807) is 30.7 Å². The largest absolute Gasteiger partial charge is 0.445 e. The van der Waals surface area contributed by atoms with Gasteiger partial charge in [0.1, 0.15) is 12.1 Å². The second-order valence-electron chi connectivity index (χ2n) is 6.82. The van der Waals surface area contributed by atoms with E-state index in [4.69, 9.17) is 4.42 Å². The van der Waals surface area contributed by atoms with Crippen molar-refractivity contribution < 1.29 is 13.6 Å². The number of hydrogen-bond donors (Lipinski definition) is 1. The quantitative estimate of drug-likeness (QED) is 0.413. The van der Waals surface area contributed by atoms with Gasteiger partial charge in [0, 0.05) is 17.3 Å². The van der Waals surface area contributed by atoms with Crippen molar-refractivity contribution in [2.45, 2.75) is 6.92 Å².